The molecular formula is C19H36N4O2. The molecule has 25 heavy (non-hydrogen) atoms. The van der Waals surface area contributed by atoms with Crippen LogP contribution < -0.4 is 21.5 Å². The third kappa shape index (κ3) is 4.37. The molecule has 0 amide bonds. The van der Waals surface area contributed by atoms with Gasteiger partial charge in [-0.1, -0.05) is 0 Å². The van der Waals surface area contributed by atoms with E-state index in [-0.39, 0.29) is 5.60 Å². The van der Waals surface area contributed by atoms with Crippen LogP contribution in [0.25, 0.3) is 0 Å². The fourth-order valence-electron chi connectivity index (χ4n) is 5.30. The molecule has 0 spiro atoms. The van der Waals surface area contributed by atoms with Crippen LogP contribution in [0, 0.1) is 11.8 Å². The molecule has 6 heteroatoms. The fourth-order valence-corrected chi connectivity index (χ4v) is 5.30. The van der Waals surface area contributed by atoms with E-state index in [1.807, 2.05) is 0 Å². The Morgan fingerprint density at radius 3 is 2.80 bits per heavy atom. The third-order valence-electron chi connectivity index (χ3n) is 6.49. The standard InChI is InChI=1S/C19H36N4O2/c1-19(2)12-20-6-3-7-24-14-4-5-17-16(9-14)18(23-22-17)13-8-15(25-19)11-21-10-13/h13-18,20-23H,3-12H2,1-2H3. The van der Waals surface area contributed by atoms with Crippen LogP contribution in [-0.2, 0) is 9.47 Å². The summed E-state index contributed by atoms with van der Waals surface area (Å²) in [5.74, 6) is 1.30. The van der Waals surface area contributed by atoms with E-state index in [4.69, 9.17) is 9.47 Å². The van der Waals surface area contributed by atoms with Gasteiger partial charge in [-0.2, -0.15) is 0 Å². The van der Waals surface area contributed by atoms with Gasteiger partial charge in [-0.05, 0) is 70.9 Å². The number of ether oxygens (including phenoxy) is 2. The van der Waals surface area contributed by atoms with Crippen molar-refractivity contribution in [2.24, 2.45) is 11.8 Å². The van der Waals surface area contributed by atoms with Crippen molar-refractivity contribution in [3.63, 3.8) is 0 Å². The first-order chi connectivity index (χ1) is 12.1. The number of fused-ring (bicyclic) bond motifs is 4. The van der Waals surface area contributed by atoms with E-state index in [9.17, 15) is 0 Å². The molecule has 0 aromatic carbocycles. The Morgan fingerprint density at radius 1 is 0.960 bits per heavy atom. The Morgan fingerprint density at radius 2 is 1.88 bits per heavy atom. The Bertz CT molecular complexity index is 447. The van der Waals surface area contributed by atoms with Gasteiger partial charge in [-0.15, -0.1) is 0 Å². The molecule has 1 aliphatic carbocycles. The van der Waals surface area contributed by atoms with Crippen LogP contribution in [-0.4, -0.2) is 62.7 Å². The van der Waals surface area contributed by atoms with Crippen LogP contribution in [0.4, 0.5) is 0 Å². The zero-order chi connectivity index (χ0) is 17.3. The summed E-state index contributed by atoms with van der Waals surface area (Å²) in [6.45, 7) is 9.24. The lowest BCUT2D eigenvalue weighted by Crippen LogP contribution is -2.52. The van der Waals surface area contributed by atoms with Crippen LogP contribution in [0.1, 0.15) is 46.0 Å². The van der Waals surface area contributed by atoms with Gasteiger partial charge in [0.25, 0.3) is 0 Å². The number of hydrogen-bond acceptors (Lipinski definition) is 6. The number of piperidine rings is 1. The quantitative estimate of drug-likeness (QED) is 0.517. The molecule has 3 aliphatic heterocycles. The minimum atomic E-state index is -0.130. The van der Waals surface area contributed by atoms with E-state index in [1.165, 1.54) is 19.3 Å². The summed E-state index contributed by atoms with van der Waals surface area (Å²) in [5, 5.41) is 7.18. The van der Waals surface area contributed by atoms with Crippen molar-refractivity contribution in [1.29, 1.82) is 0 Å². The highest BCUT2D eigenvalue weighted by Gasteiger charge is 2.45. The molecule has 4 rings (SSSR count). The SMILES string of the molecule is CC1(C)CNCCCOC2CCC3NNC(C4CNCC(C4)O1)C3C2. The molecule has 6 unspecified atom stereocenters. The van der Waals surface area contributed by atoms with Gasteiger partial charge in [-0.25, -0.2) is 0 Å². The molecule has 0 aromatic rings. The Kier molecular flexibility index (Phi) is 5.65. The molecule has 144 valence electrons. The second-order valence-corrected chi connectivity index (χ2v) is 9.07. The van der Waals surface area contributed by atoms with Crippen molar-refractivity contribution in [3.05, 3.63) is 0 Å². The lowest BCUT2D eigenvalue weighted by Gasteiger charge is -2.40. The number of hydrazine groups is 1. The zero-order valence-electron chi connectivity index (χ0n) is 15.9. The van der Waals surface area contributed by atoms with Crippen LogP contribution in [0.5, 0.6) is 0 Å². The summed E-state index contributed by atoms with van der Waals surface area (Å²) in [6.07, 6.45) is 6.57. The van der Waals surface area contributed by atoms with Gasteiger partial charge < -0.3 is 20.1 Å². The van der Waals surface area contributed by atoms with Crippen molar-refractivity contribution in [2.75, 3.05) is 32.8 Å². The van der Waals surface area contributed by atoms with Gasteiger partial charge in [0.2, 0.25) is 0 Å². The molecule has 4 aliphatic rings. The highest BCUT2D eigenvalue weighted by molar-refractivity contribution is 5.00. The second-order valence-electron chi connectivity index (χ2n) is 9.07. The Hall–Kier alpha value is -0.240. The molecule has 4 fully saturated rings. The molecule has 6 nitrogen and oxygen atoms in total. The maximum Gasteiger partial charge on any atom is 0.0754 e. The molecule has 4 bridgehead atoms. The van der Waals surface area contributed by atoms with Crippen molar-refractivity contribution in [3.8, 4) is 0 Å². The van der Waals surface area contributed by atoms with Crippen molar-refractivity contribution >= 4 is 0 Å². The van der Waals surface area contributed by atoms with E-state index in [0.717, 1.165) is 45.6 Å². The number of nitrogens with one attached hydrogen (secondary N) is 4. The first-order valence-corrected chi connectivity index (χ1v) is 10.3. The van der Waals surface area contributed by atoms with Gasteiger partial charge in [-0.3, -0.25) is 10.9 Å². The minimum absolute atomic E-state index is 0.130. The van der Waals surface area contributed by atoms with Crippen LogP contribution in [0.3, 0.4) is 0 Å². The van der Waals surface area contributed by atoms with Crippen LogP contribution >= 0.6 is 0 Å². The molecule has 0 aromatic heterocycles. The third-order valence-corrected chi connectivity index (χ3v) is 6.49. The summed E-state index contributed by atoms with van der Waals surface area (Å²) >= 11 is 0. The second kappa shape index (κ2) is 7.79. The lowest BCUT2D eigenvalue weighted by molar-refractivity contribution is -0.0869. The summed E-state index contributed by atoms with van der Waals surface area (Å²) in [5.41, 5.74) is 7.10. The summed E-state index contributed by atoms with van der Waals surface area (Å²) in [4.78, 5) is 0. The van der Waals surface area contributed by atoms with E-state index >= 15 is 0 Å². The normalized spacial score (nSPS) is 45.4. The number of rotatable bonds is 0. The highest BCUT2D eigenvalue weighted by atomic mass is 16.5. The Balaban J connectivity index is 1.48. The van der Waals surface area contributed by atoms with Crippen LogP contribution in [0.15, 0.2) is 0 Å². The van der Waals surface area contributed by atoms with Gasteiger partial charge in [0.15, 0.2) is 0 Å². The van der Waals surface area contributed by atoms with Gasteiger partial charge >= 0.3 is 0 Å². The predicted molar refractivity (Wildman–Crippen MR) is 98.3 cm³/mol. The monoisotopic (exact) mass is 352 g/mol. The molecule has 6 atom stereocenters. The van der Waals surface area contributed by atoms with E-state index in [0.29, 0.717) is 36.1 Å². The first kappa shape index (κ1) is 18.1. The highest BCUT2D eigenvalue weighted by Crippen LogP contribution is 2.36. The van der Waals surface area contributed by atoms with Gasteiger partial charge in [0.05, 0.1) is 17.8 Å². The molecule has 3 heterocycles. The molecule has 1 saturated carbocycles. The first-order valence-electron chi connectivity index (χ1n) is 10.3. The average Bonchev–Trinajstić information content (AvgIpc) is 3.00. The van der Waals surface area contributed by atoms with E-state index < -0.39 is 0 Å². The summed E-state index contributed by atoms with van der Waals surface area (Å²) < 4.78 is 12.7. The van der Waals surface area contributed by atoms with Crippen LogP contribution in [0.2, 0.25) is 0 Å². The largest absolute Gasteiger partial charge is 0.378 e. The van der Waals surface area contributed by atoms with E-state index in [2.05, 4.69) is 35.3 Å². The number of hydrogen-bond donors (Lipinski definition) is 4. The van der Waals surface area contributed by atoms with E-state index in [1.54, 1.807) is 0 Å². The molecule has 4 N–H and O–H groups in total. The van der Waals surface area contributed by atoms with Gasteiger partial charge in [0, 0.05) is 31.8 Å². The molecule has 3 saturated heterocycles. The molecular weight excluding hydrogens is 316 g/mol. The topological polar surface area (TPSA) is 66.6 Å². The average molecular weight is 353 g/mol. The summed E-state index contributed by atoms with van der Waals surface area (Å²) in [6, 6.07) is 1.14. The van der Waals surface area contributed by atoms with Gasteiger partial charge in [0.1, 0.15) is 0 Å². The predicted octanol–water partition coefficient (Wildman–Crippen LogP) is 0.783. The fraction of sp³-hybridized carbons (Fsp3) is 1.00. The maximum absolute atomic E-state index is 6.49. The maximum atomic E-state index is 6.49. The van der Waals surface area contributed by atoms with Crippen molar-refractivity contribution in [1.82, 2.24) is 21.5 Å². The zero-order valence-corrected chi connectivity index (χ0v) is 15.9. The van der Waals surface area contributed by atoms with Crippen molar-refractivity contribution < 1.29 is 9.47 Å². The lowest BCUT2D eigenvalue weighted by atomic mass is 9.74. The smallest absolute Gasteiger partial charge is 0.0754 e. The Labute approximate surface area is 152 Å². The summed E-state index contributed by atoms with van der Waals surface area (Å²) in [7, 11) is 0. The van der Waals surface area contributed by atoms with Crippen molar-refractivity contribution in [2.45, 2.75) is 75.8 Å². The minimum Gasteiger partial charge on any atom is -0.378 e. The molecule has 0 radical (unpaired) electrons.